The normalized spacial score (nSPS) is 12.4. The van der Waals surface area contributed by atoms with E-state index in [4.69, 9.17) is 4.74 Å². The summed E-state index contributed by atoms with van der Waals surface area (Å²) in [5.74, 6) is 0.670. The number of amidine groups is 1. The van der Waals surface area contributed by atoms with Gasteiger partial charge in [0.2, 0.25) is 0 Å². The Bertz CT molecular complexity index is 878. The Balaban J connectivity index is 1.81. The summed E-state index contributed by atoms with van der Waals surface area (Å²) in [7, 11) is 0. The first kappa shape index (κ1) is 14.7. The largest absolute Gasteiger partial charge is 0.424 e. The molecule has 3 rings (SSSR count). The van der Waals surface area contributed by atoms with E-state index in [1.165, 1.54) is 0 Å². The Hall–Kier alpha value is -3.21. The van der Waals surface area contributed by atoms with Crippen LogP contribution in [0.1, 0.15) is 12.5 Å². The van der Waals surface area contributed by atoms with E-state index in [9.17, 15) is 0 Å². The minimum Gasteiger partial charge on any atom is -0.424 e. The summed E-state index contributed by atoms with van der Waals surface area (Å²) in [5.41, 5.74) is 2.91. The SMILES string of the molecule is C=N/C(=N\C=C(/C)c1ccn2ccnc2c1)Oc1ccccc1. The number of hydrogen-bond donors (Lipinski definition) is 0. The third-order valence-electron chi connectivity index (χ3n) is 3.31. The smallest absolute Gasteiger partial charge is 0.321 e. The fraction of sp³-hybridized carbons (Fsp3) is 0.0556. The number of nitrogens with zero attached hydrogens (tertiary/aromatic N) is 4. The maximum absolute atomic E-state index is 5.57. The van der Waals surface area contributed by atoms with Crippen LogP contribution in [0, 0.1) is 0 Å². The quantitative estimate of drug-likeness (QED) is 0.545. The van der Waals surface area contributed by atoms with Crippen LogP contribution < -0.4 is 4.74 Å². The summed E-state index contributed by atoms with van der Waals surface area (Å²) in [5, 5.41) is 0. The van der Waals surface area contributed by atoms with Crippen LogP contribution in [0.25, 0.3) is 11.2 Å². The minimum absolute atomic E-state index is 0.206. The Labute approximate surface area is 134 Å². The molecule has 114 valence electrons. The van der Waals surface area contributed by atoms with Crippen molar-refractivity contribution in [1.82, 2.24) is 9.38 Å². The number of para-hydroxylation sites is 1. The number of pyridine rings is 1. The van der Waals surface area contributed by atoms with E-state index in [0.717, 1.165) is 16.8 Å². The Morgan fingerprint density at radius 3 is 2.83 bits per heavy atom. The topological polar surface area (TPSA) is 51.2 Å². The lowest BCUT2D eigenvalue weighted by Crippen LogP contribution is -2.03. The van der Waals surface area contributed by atoms with Crippen molar-refractivity contribution in [3.05, 3.63) is 72.8 Å². The Morgan fingerprint density at radius 2 is 2.04 bits per heavy atom. The summed E-state index contributed by atoms with van der Waals surface area (Å²) in [6, 6.07) is 13.6. The van der Waals surface area contributed by atoms with Gasteiger partial charge in [0.05, 0.1) is 0 Å². The van der Waals surface area contributed by atoms with Gasteiger partial charge in [-0.25, -0.2) is 15.0 Å². The lowest BCUT2D eigenvalue weighted by Gasteiger charge is -2.04. The fourth-order valence-corrected chi connectivity index (χ4v) is 2.08. The van der Waals surface area contributed by atoms with Crippen molar-refractivity contribution in [1.29, 1.82) is 0 Å². The lowest BCUT2D eigenvalue weighted by atomic mass is 10.1. The van der Waals surface area contributed by atoms with Crippen LogP contribution >= 0.6 is 0 Å². The number of imidazole rings is 1. The molecular formula is C18H16N4O. The zero-order valence-electron chi connectivity index (χ0n) is 12.8. The molecule has 0 saturated heterocycles. The van der Waals surface area contributed by atoms with Crippen molar-refractivity contribution in [2.75, 3.05) is 0 Å². The molecule has 0 amide bonds. The fourth-order valence-electron chi connectivity index (χ4n) is 2.08. The van der Waals surface area contributed by atoms with Crippen LogP contribution in [-0.2, 0) is 0 Å². The average Bonchev–Trinajstić information content (AvgIpc) is 3.06. The zero-order chi connectivity index (χ0) is 16.1. The van der Waals surface area contributed by atoms with Crippen LogP contribution in [-0.4, -0.2) is 22.1 Å². The van der Waals surface area contributed by atoms with E-state index in [1.807, 2.05) is 66.2 Å². The second kappa shape index (κ2) is 6.70. The van der Waals surface area contributed by atoms with Gasteiger partial charge in [-0.05, 0) is 49.0 Å². The highest BCUT2D eigenvalue weighted by Gasteiger charge is 2.01. The Kier molecular flexibility index (Phi) is 4.29. The number of ether oxygens (including phenoxy) is 1. The molecule has 0 fully saturated rings. The van der Waals surface area contributed by atoms with E-state index in [2.05, 4.69) is 21.7 Å². The van der Waals surface area contributed by atoms with Crippen LogP contribution in [0.4, 0.5) is 0 Å². The van der Waals surface area contributed by atoms with Gasteiger partial charge < -0.3 is 9.14 Å². The molecule has 1 aromatic carbocycles. The Morgan fingerprint density at radius 1 is 1.22 bits per heavy atom. The summed E-state index contributed by atoms with van der Waals surface area (Å²) in [6.45, 7) is 5.47. The summed E-state index contributed by atoms with van der Waals surface area (Å²) < 4.78 is 7.52. The number of aliphatic imine (C=N–C) groups is 2. The molecule has 0 aliphatic carbocycles. The first-order valence-corrected chi connectivity index (χ1v) is 7.13. The predicted octanol–water partition coefficient (Wildman–Crippen LogP) is 3.83. The molecule has 0 radical (unpaired) electrons. The van der Waals surface area contributed by atoms with Gasteiger partial charge in [-0.3, -0.25) is 0 Å². The van der Waals surface area contributed by atoms with Crippen LogP contribution in [0.3, 0.4) is 0 Å². The average molecular weight is 304 g/mol. The molecule has 0 atom stereocenters. The first-order chi connectivity index (χ1) is 11.3. The van der Waals surface area contributed by atoms with Crippen LogP contribution in [0.2, 0.25) is 0 Å². The van der Waals surface area contributed by atoms with Crippen molar-refractivity contribution in [3.63, 3.8) is 0 Å². The molecule has 0 bridgehead atoms. The van der Waals surface area contributed by atoms with E-state index in [-0.39, 0.29) is 6.02 Å². The van der Waals surface area contributed by atoms with Crippen molar-refractivity contribution < 1.29 is 4.74 Å². The van der Waals surface area contributed by atoms with Gasteiger partial charge in [-0.1, -0.05) is 18.2 Å². The second-order valence-electron chi connectivity index (χ2n) is 4.91. The lowest BCUT2D eigenvalue weighted by molar-refractivity contribution is 0.543. The zero-order valence-corrected chi connectivity index (χ0v) is 12.8. The van der Waals surface area contributed by atoms with Crippen molar-refractivity contribution in [3.8, 4) is 5.75 Å². The number of rotatable bonds is 3. The van der Waals surface area contributed by atoms with Gasteiger partial charge in [-0.2, -0.15) is 0 Å². The monoisotopic (exact) mass is 304 g/mol. The molecule has 23 heavy (non-hydrogen) atoms. The highest BCUT2D eigenvalue weighted by Crippen LogP contribution is 2.16. The number of aromatic nitrogens is 2. The van der Waals surface area contributed by atoms with Gasteiger partial charge in [-0.15, -0.1) is 0 Å². The molecule has 0 unspecified atom stereocenters. The maximum Gasteiger partial charge on any atom is 0.321 e. The highest BCUT2D eigenvalue weighted by atomic mass is 16.5. The number of benzene rings is 1. The van der Waals surface area contributed by atoms with Gasteiger partial charge in [0.25, 0.3) is 0 Å². The number of allylic oxidation sites excluding steroid dienone is 1. The second-order valence-corrected chi connectivity index (χ2v) is 4.91. The first-order valence-electron chi connectivity index (χ1n) is 7.13. The van der Waals surface area contributed by atoms with Crippen molar-refractivity contribution in [2.45, 2.75) is 6.92 Å². The van der Waals surface area contributed by atoms with Gasteiger partial charge >= 0.3 is 6.02 Å². The molecule has 2 heterocycles. The predicted molar refractivity (Wildman–Crippen MR) is 92.9 cm³/mol. The van der Waals surface area contributed by atoms with E-state index in [0.29, 0.717) is 5.75 Å². The third kappa shape index (κ3) is 3.52. The van der Waals surface area contributed by atoms with Gasteiger partial charge in [0.1, 0.15) is 11.4 Å². The number of hydrogen-bond acceptors (Lipinski definition) is 3. The van der Waals surface area contributed by atoms with Gasteiger partial charge in [0.15, 0.2) is 0 Å². The maximum atomic E-state index is 5.57. The molecule has 0 aliphatic heterocycles. The van der Waals surface area contributed by atoms with Gasteiger partial charge in [0, 0.05) is 24.8 Å². The summed E-state index contributed by atoms with van der Waals surface area (Å²) >= 11 is 0. The van der Waals surface area contributed by atoms with Crippen LogP contribution in [0.15, 0.2) is 77.2 Å². The standard InChI is InChI=1S/C18H16N4O/c1-14(15-8-10-22-11-9-20-17(22)12-15)13-21-18(19-2)23-16-6-4-3-5-7-16/h3-13H,2H2,1H3/b14-13+,21-18+. The molecular weight excluding hydrogens is 288 g/mol. The molecule has 3 aromatic rings. The van der Waals surface area contributed by atoms with E-state index >= 15 is 0 Å². The van der Waals surface area contributed by atoms with Crippen molar-refractivity contribution >= 4 is 24.0 Å². The highest BCUT2D eigenvalue weighted by molar-refractivity contribution is 5.82. The summed E-state index contributed by atoms with van der Waals surface area (Å²) in [4.78, 5) is 12.3. The third-order valence-corrected chi connectivity index (χ3v) is 3.31. The molecule has 0 aliphatic rings. The molecule has 0 N–H and O–H groups in total. The molecule has 0 spiro atoms. The molecule has 2 aromatic heterocycles. The van der Waals surface area contributed by atoms with E-state index < -0.39 is 0 Å². The minimum atomic E-state index is 0.206. The molecule has 0 saturated carbocycles. The summed E-state index contributed by atoms with van der Waals surface area (Å²) in [6.07, 6.45) is 7.35. The molecule has 5 heteroatoms. The van der Waals surface area contributed by atoms with Crippen molar-refractivity contribution in [2.24, 2.45) is 9.98 Å². The van der Waals surface area contributed by atoms with Crippen LogP contribution in [0.5, 0.6) is 5.75 Å². The number of fused-ring (bicyclic) bond motifs is 1. The van der Waals surface area contributed by atoms with E-state index in [1.54, 1.807) is 12.4 Å². The molecule has 5 nitrogen and oxygen atoms in total.